The van der Waals surface area contributed by atoms with Crippen molar-refractivity contribution in [3.8, 4) is 11.8 Å². The molecule has 0 radical (unpaired) electrons. The largest absolute Gasteiger partial charge is 0.421 e. The summed E-state index contributed by atoms with van der Waals surface area (Å²) in [7, 11) is 1.74. The molecule has 2 aromatic rings. The van der Waals surface area contributed by atoms with Crippen molar-refractivity contribution in [2.45, 2.75) is 6.42 Å². The maximum Gasteiger partial charge on any atom is 0.341 e. The topological polar surface area (TPSA) is 95.1 Å². The number of carbonyl (C=O) groups excluding carboxylic acids is 1. The van der Waals surface area contributed by atoms with Gasteiger partial charge in [0.1, 0.15) is 6.33 Å². The van der Waals surface area contributed by atoms with Crippen LogP contribution < -0.4 is 15.8 Å². The number of ether oxygens (including phenoxy) is 1. The van der Waals surface area contributed by atoms with E-state index in [9.17, 15) is 4.79 Å². The third-order valence-corrected chi connectivity index (χ3v) is 2.64. The molecule has 0 saturated heterocycles. The standard InChI is InChI=1S/C11H11N5O2/c1-16-5-13-11(15-16)18-9-4-8-6(2-7(9)12)3-10(17)14-8/h2,4-5H,3,12H2,1H3,(H,14,17). The molecular weight excluding hydrogens is 234 g/mol. The third kappa shape index (κ3) is 1.75. The molecule has 18 heavy (non-hydrogen) atoms. The lowest BCUT2D eigenvalue weighted by molar-refractivity contribution is -0.115. The molecule has 3 N–H and O–H groups in total. The van der Waals surface area contributed by atoms with Crippen LogP contribution in [-0.4, -0.2) is 20.7 Å². The molecule has 92 valence electrons. The number of aryl methyl sites for hydroxylation is 1. The Morgan fingerprint density at radius 3 is 3.06 bits per heavy atom. The summed E-state index contributed by atoms with van der Waals surface area (Å²) < 4.78 is 7.00. The van der Waals surface area contributed by atoms with Crippen molar-refractivity contribution in [2.24, 2.45) is 7.05 Å². The number of nitrogens with zero attached hydrogens (tertiary/aromatic N) is 3. The summed E-state index contributed by atoms with van der Waals surface area (Å²) in [6.45, 7) is 0. The summed E-state index contributed by atoms with van der Waals surface area (Å²) in [4.78, 5) is 15.2. The van der Waals surface area contributed by atoms with Crippen LogP contribution >= 0.6 is 0 Å². The molecule has 0 atom stereocenters. The number of nitrogens with one attached hydrogen (secondary N) is 1. The number of nitrogen functional groups attached to an aromatic ring is 1. The number of anilines is 2. The third-order valence-electron chi connectivity index (χ3n) is 2.64. The highest BCUT2D eigenvalue weighted by atomic mass is 16.5. The van der Waals surface area contributed by atoms with Gasteiger partial charge in [0, 0.05) is 18.8 Å². The second-order valence-corrected chi connectivity index (χ2v) is 4.08. The smallest absolute Gasteiger partial charge is 0.341 e. The predicted molar refractivity (Wildman–Crippen MR) is 64.3 cm³/mol. The van der Waals surface area contributed by atoms with Gasteiger partial charge >= 0.3 is 6.01 Å². The van der Waals surface area contributed by atoms with E-state index in [0.29, 0.717) is 17.9 Å². The Morgan fingerprint density at radius 1 is 1.50 bits per heavy atom. The van der Waals surface area contributed by atoms with E-state index in [-0.39, 0.29) is 11.9 Å². The summed E-state index contributed by atoms with van der Waals surface area (Å²) in [5, 5.41) is 6.73. The van der Waals surface area contributed by atoms with E-state index in [1.165, 1.54) is 11.0 Å². The number of hydrogen-bond donors (Lipinski definition) is 2. The van der Waals surface area contributed by atoms with Gasteiger partial charge in [-0.2, -0.15) is 4.98 Å². The molecule has 0 unspecified atom stereocenters. The van der Waals surface area contributed by atoms with Crippen LogP contribution in [0.15, 0.2) is 18.5 Å². The van der Waals surface area contributed by atoms with Crippen LogP contribution in [0.1, 0.15) is 5.56 Å². The fourth-order valence-electron chi connectivity index (χ4n) is 1.83. The lowest BCUT2D eigenvalue weighted by Gasteiger charge is -2.07. The summed E-state index contributed by atoms with van der Waals surface area (Å²) >= 11 is 0. The molecule has 1 aliphatic rings. The highest BCUT2D eigenvalue weighted by Gasteiger charge is 2.20. The summed E-state index contributed by atoms with van der Waals surface area (Å²) in [6.07, 6.45) is 1.88. The monoisotopic (exact) mass is 245 g/mol. The van der Waals surface area contributed by atoms with Gasteiger partial charge in [0.15, 0.2) is 5.75 Å². The molecule has 0 saturated carbocycles. The lowest BCUT2D eigenvalue weighted by atomic mass is 10.1. The summed E-state index contributed by atoms with van der Waals surface area (Å²) in [6, 6.07) is 3.63. The Bertz CT molecular complexity index is 634. The predicted octanol–water partition coefficient (Wildman–Crippen LogP) is 0.684. The molecule has 1 aliphatic heterocycles. The average Bonchev–Trinajstić information content (AvgIpc) is 2.85. The first-order valence-electron chi connectivity index (χ1n) is 5.37. The number of rotatable bonds is 2. The first kappa shape index (κ1) is 10.6. The second-order valence-electron chi connectivity index (χ2n) is 4.08. The minimum absolute atomic E-state index is 0.0440. The number of benzene rings is 1. The highest BCUT2D eigenvalue weighted by molar-refractivity contribution is 6.00. The maximum atomic E-state index is 11.3. The number of nitrogens with two attached hydrogens (primary N) is 1. The Morgan fingerprint density at radius 2 is 2.33 bits per heavy atom. The van der Waals surface area contributed by atoms with Gasteiger partial charge in [0.25, 0.3) is 0 Å². The van der Waals surface area contributed by atoms with Crippen LogP contribution in [-0.2, 0) is 18.3 Å². The van der Waals surface area contributed by atoms with Gasteiger partial charge in [0.05, 0.1) is 12.1 Å². The molecule has 1 aromatic carbocycles. The number of carbonyl (C=O) groups is 1. The lowest BCUT2D eigenvalue weighted by Crippen LogP contribution is -2.03. The van der Waals surface area contributed by atoms with E-state index in [0.717, 1.165) is 11.3 Å². The Balaban J connectivity index is 1.93. The Labute approximate surface area is 103 Å². The van der Waals surface area contributed by atoms with Crippen molar-refractivity contribution < 1.29 is 9.53 Å². The molecule has 7 nitrogen and oxygen atoms in total. The highest BCUT2D eigenvalue weighted by Crippen LogP contribution is 2.34. The van der Waals surface area contributed by atoms with E-state index in [4.69, 9.17) is 10.5 Å². The molecule has 1 aromatic heterocycles. The maximum absolute atomic E-state index is 11.3. The molecule has 0 bridgehead atoms. The molecular formula is C11H11N5O2. The molecule has 2 heterocycles. The van der Waals surface area contributed by atoms with Crippen molar-refractivity contribution in [1.29, 1.82) is 0 Å². The van der Waals surface area contributed by atoms with Gasteiger partial charge in [-0.1, -0.05) is 0 Å². The van der Waals surface area contributed by atoms with Crippen LogP contribution in [0.25, 0.3) is 0 Å². The molecule has 0 spiro atoms. The number of hydrogen-bond acceptors (Lipinski definition) is 5. The van der Waals surface area contributed by atoms with Gasteiger partial charge in [-0.3, -0.25) is 9.48 Å². The van der Waals surface area contributed by atoms with E-state index in [1.807, 2.05) is 0 Å². The number of amides is 1. The zero-order valence-electron chi connectivity index (χ0n) is 9.67. The fourth-order valence-corrected chi connectivity index (χ4v) is 1.83. The normalized spacial score (nSPS) is 13.3. The van der Waals surface area contributed by atoms with E-state index < -0.39 is 0 Å². The van der Waals surface area contributed by atoms with E-state index >= 15 is 0 Å². The van der Waals surface area contributed by atoms with Crippen LogP contribution in [0.5, 0.6) is 11.8 Å². The van der Waals surface area contributed by atoms with Crippen molar-refractivity contribution in [1.82, 2.24) is 14.8 Å². The summed E-state index contributed by atoms with van der Waals surface area (Å²) in [5.41, 5.74) is 7.92. The van der Waals surface area contributed by atoms with Crippen molar-refractivity contribution in [3.05, 3.63) is 24.0 Å². The molecule has 3 rings (SSSR count). The molecule has 0 aliphatic carbocycles. The average molecular weight is 245 g/mol. The van der Waals surface area contributed by atoms with Gasteiger partial charge in [-0.05, 0) is 11.6 Å². The van der Waals surface area contributed by atoms with Crippen LogP contribution in [0.3, 0.4) is 0 Å². The van der Waals surface area contributed by atoms with Gasteiger partial charge in [0.2, 0.25) is 5.91 Å². The van der Waals surface area contributed by atoms with Crippen molar-refractivity contribution in [3.63, 3.8) is 0 Å². The zero-order valence-corrected chi connectivity index (χ0v) is 9.67. The zero-order chi connectivity index (χ0) is 12.7. The summed E-state index contributed by atoms with van der Waals surface area (Å²) in [5.74, 6) is 0.389. The first-order valence-corrected chi connectivity index (χ1v) is 5.37. The minimum Gasteiger partial charge on any atom is -0.421 e. The number of fused-ring (bicyclic) bond motifs is 1. The second kappa shape index (κ2) is 3.73. The van der Waals surface area contributed by atoms with E-state index in [2.05, 4.69) is 15.4 Å². The van der Waals surface area contributed by atoms with Crippen LogP contribution in [0, 0.1) is 0 Å². The van der Waals surface area contributed by atoms with Gasteiger partial charge in [-0.15, -0.1) is 5.10 Å². The van der Waals surface area contributed by atoms with Crippen LogP contribution in [0.2, 0.25) is 0 Å². The Hall–Kier alpha value is -2.57. The minimum atomic E-state index is -0.0440. The Kier molecular flexibility index (Phi) is 2.19. The van der Waals surface area contributed by atoms with Crippen molar-refractivity contribution >= 4 is 17.3 Å². The SMILES string of the molecule is Cn1cnc(Oc2cc3c(cc2N)CC(=O)N3)n1. The van der Waals surface area contributed by atoms with Crippen LogP contribution in [0.4, 0.5) is 11.4 Å². The van der Waals surface area contributed by atoms with E-state index in [1.54, 1.807) is 19.2 Å². The van der Waals surface area contributed by atoms with Gasteiger partial charge in [-0.25, -0.2) is 0 Å². The molecule has 0 fully saturated rings. The quantitative estimate of drug-likeness (QED) is 0.759. The first-order chi connectivity index (χ1) is 8.61. The molecule has 1 amide bonds. The van der Waals surface area contributed by atoms with Gasteiger partial charge < -0.3 is 15.8 Å². The van der Waals surface area contributed by atoms with Crippen molar-refractivity contribution in [2.75, 3.05) is 11.1 Å². The fraction of sp³-hybridized carbons (Fsp3) is 0.182. The number of aromatic nitrogens is 3. The molecule has 7 heteroatoms.